The fraction of sp³-hybridized carbons (Fsp3) is 0.750. The molecule has 1 saturated heterocycles. The Bertz CT molecular complexity index is 335. The van der Waals surface area contributed by atoms with Crippen molar-refractivity contribution in [1.82, 2.24) is 9.88 Å². The van der Waals surface area contributed by atoms with Crippen LogP contribution in [-0.2, 0) is 6.42 Å². The molecule has 0 saturated carbocycles. The molecule has 2 rings (SSSR count). The maximum absolute atomic E-state index is 5.56. The van der Waals surface area contributed by atoms with Gasteiger partial charge in [0.1, 0.15) is 0 Å². The molecule has 1 aromatic rings. The summed E-state index contributed by atoms with van der Waals surface area (Å²) in [6.07, 6.45) is 4.23. The molecule has 0 radical (unpaired) electrons. The van der Waals surface area contributed by atoms with Crippen LogP contribution in [0.2, 0.25) is 0 Å². The van der Waals surface area contributed by atoms with Crippen molar-refractivity contribution < 1.29 is 0 Å². The highest BCUT2D eigenvalue weighted by Gasteiger charge is 2.27. The van der Waals surface area contributed by atoms with Gasteiger partial charge in [0.15, 0.2) is 0 Å². The van der Waals surface area contributed by atoms with E-state index in [9.17, 15) is 0 Å². The zero-order valence-corrected chi connectivity index (χ0v) is 11.0. The molecule has 0 amide bonds. The predicted octanol–water partition coefficient (Wildman–Crippen LogP) is 1.84. The lowest BCUT2D eigenvalue weighted by Crippen LogP contribution is -2.27. The monoisotopic (exact) mass is 239 g/mol. The lowest BCUT2D eigenvalue weighted by Gasteiger charge is -2.19. The summed E-state index contributed by atoms with van der Waals surface area (Å²) in [4.78, 5) is 8.42. The van der Waals surface area contributed by atoms with Crippen LogP contribution in [0.4, 0.5) is 0 Å². The minimum absolute atomic E-state index is 0.652. The zero-order valence-electron chi connectivity index (χ0n) is 10.1. The van der Waals surface area contributed by atoms with Gasteiger partial charge in [0.05, 0.1) is 5.01 Å². The second-order valence-corrected chi connectivity index (χ2v) is 5.92. The van der Waals surface area contributed by atoms with Gasteiger partial charge in [-0.1, -0.05) is 0 Å². The number of aromatic nitrogens is 1. The van der Waals surface area contributed by atoms with E-state index in [0.717, 1.165) is 13.0 Å². The summed E-state index contributed by atoms with van der Waals surface area (Å²) < 4.78 is 0. The van der Waals surface area contributed by atoms with Crippen molar-refractivity contribution in [2.24, 2.45) is 5.73 Å². The zero-order chi connectivity index (χ0) is 11.5. The molecule has 1 fully saturated rings. The number of rotatable bonds is 4. The molecule has 1 aromatic heterocycles. The molecule has 1 aliphatic heterocycles. The third-order valence-corrected chi connectivity index (χ3v) is 4.48. The number of likely N-dealkylation sites (tertiary alicyclic amines) is 1. The first-order valence-corrected chi connectivity index (χ1v) is 6.91. The van der Waals surface area contributed by atoms with E-state index in [1.807, 2.05) is 17.5 Å². The van der Waals surface area contributed by atoms with Crippen molar-refractivity contribution >= 4 is 11.3 Å². The average molecular weight is 239 g/mol. The van der Waals surface area contributed by atoms with Crippen molar-refractivity contribution in [1.29, 1.82) is 0 Å². The van der Waals surface area contributed by atoms with E-state index in [-0.39, 0.29) is 0 Å². The average Bonchev–Trinajstić information content (AvgIpc) is 2.84. The van der Waals surface area contributed by atoms with Crippen LogP contribution in [0.5, 0.6) is 0 Å². The number of nitrogens with two attached hydrogens (primary N) is 1. The van der Waals surface area contributed by atoms with Crippen molar-refractivity contribution in [2.45, 2.75) is 38.6 Å². The highest BCUT2D eigenvalue weighted by Crippen LogP contribution is 2.31. The van der Waals surface area contributed by atoms with Crippen LogP contribution in [0.3, 0.4) is 0 Å². The molecule has 0 bridgehead atoms. The first-order valence-electron chi connectivity index (χ1n) is 6.09. The Morgan fingerprint density at radius 3 is 3.06 bits per heavy atom. The Morgan fingerprint density at radius 2 is 2.44 bits per heavy atom. The largest absolute Gasteiger partial charge is 0.330 e. The highest BCUT2D eigenvalue weighted by molar-refractivity contribution is 7.11. The fourth-order valence-electron chi connectivity index (χ4n) is 2.23. The van der Waals surface area contributed by atoms with Crippen LogP contribution in [0.1, 0.15) is 36.1 Å². The highest BCUT2D eigenvalue weighted by atomic mass is 32.1. The van der Waals surface area contributed by atoms with Crippen LogP contribution < -0.4 is 5.73 Å². The molecule has 2 heterocycles. The van der Waals surface area contributed by atoms with Gasteiger partial charge in [-0.3, -0.25) is 0 Å². The second-order valence-electron chi connectivity index (χ2n) is 4.78. The van der Waals surface area contributed by atoms with Gasteiger partial charge < -0.3 is 10.6 Å². The van der Waals surface area contributed by atoms with Crippen molar-refractivity contribution in [3.63, 3.8) is 0 Å². The van der Waals surface area contributed by atoms with E-state index in [0.29, 0.717) is 12.0 Å². The molecule has 1 atom stereocenters. The van der Waals surface area contributed by atoms with Crippen molar-refractivity contribution in [3.8, 4) is 0 Å². The van der Waals surface area contributed by atoms with Crippen LogP contribution in [0, 0.1) is 0 Å². The van der Waals surface area contributed by atoms with Crippen molar-refractivity contribution in [2.75, 3.05) is 19.6 Å². The molecule has 4 heteroatoms. The van der Waals surface area contributed by atoms with Gasteiger partial charge in [-0.15, -0.1) is 11.3 Å². The molecule has 2 N–H and O–H groups in total. The quantitative estimate of drug-likeness (QED) is 0.872. The van der Waals surface area contributed by atoms with E-state index in [1.165, 1.54) is 29.4 Å². The molecule has 0 aliphatic carbocycles. The molecule has 1 unspecified atom stereocenters. The molecular formula is C12H21N3S. The second kappa shape index (κ2) is 5.25. The van der Waals surface area contributed by atoms with Gasteiger partial charge in [0.25, 0.3) is 0 Å². The SMILES string of the molecule is CC(C)N1CCC(c2ncc(CCN)s2)C1. The van der Waals surface area contributed by atoms with Gasteiger partial charge in [-0.25, -0.2) is 4.98 Å². The Morgan fingerprint density at radius 1 is 1.62 bits per heavy atom. The van der Waals surface area contributed by atoms with Crippen LogP contribution in [-0.4, -0.2) is 35.6 Å². The summed E-state index contributed by atoms with van der Waals surface area (Å²) in [6, 6.07) is 0.661. The van der Waals surface area contributed by atoms with E-state index < -0.39 is 0 Å². The minimum Gasteiger partial charge on any atom is -0.330 e. The summed E-state index contributed by atoms with van der Waals surface area (Å²) in [5, 5.41) is 1.31. The molecule has 0 aromatic carbocycles. The maximum atomic E-state index is 5.56. The smallest absolute Gasteiger partial charge is 0.0971 e. The number of thiazole rings is 1. The molecule has 0 spiro atoms. The summed E-state index contributed by atoms with van der Waals surface area (Å²) in [6.45, 7) is 7.65. The third kappa shape index (κ3) is 2.62. The van der Waals surface area contributed by atoms with E-state index in [1.54, 1.807) is 0 Å². The minimum atomic E-state index is 0.652. The molecule has 3 nitrogen and oxygen atoms in total. The summed E-state index contributed by atoms with van der Waals surface area (Å²) in [5.74, 6) is 0.652. The third-order valence-electron chi connectivity index (χ3n) is 3.26. The van der Waals surface area contributed by atoms with E-state index in [2.05, 4.69) is 23.7 Å². The Kier molecular flexibility index (Phi) is 3.95. The lowest BCUT2D eigenvalue weighted by atomic mass is 10.1. The van der Waals surface area contributed by atoms with Gasteiger partial charge >= 0.3 is 0 Å². The van der Waals surface area contributed by atoms with Crippen LogP contribution in [0.25, 0.3) is 0 Å². The first-order chi connectivity index (χ1) is 7.70. The lowest BCUT2D eigenvalue weighted by molar-refractivity contribution is 0.272. The van der Waals surface area contributed by atoms with Crippen LogP contribution >= 0.6 is 11.3 Å². The van der Waals surface area contributed by atoms with E-state index in [4.69, 9.17) is 5.73 Å². The Hall–Kier alpha value is -0.450. The standard InChI is InChI=1S/C12H21N3S/c1-9(2)15-6-4-10(8-15)12-14-7-11(16-12)3-5-13/h7,9-10H,3-6,8,13H2,1-2H3. The molecular weight excluding hydrogens is 218 g/mol. The summed E-state index contributed by atoms with van der Waals surface area (Å²) in [5.41, 5.74) is 5.56. The van der Waals surface area contributed by atoms with E-state index >= 15 is 0 Å². The number of nitrogens with zero attached hydrogens (tertiary/aromatic N) is 2. The summed E-state index contributed by atoms with van der Waals surface area (Å²) in [7, 11) is 0. The maximum Gasteiger partial charge on any atom is 0.0971 e. The first kappa shape index (κ1) is 12.0. The normalized spacial score (nSPS) is 22.1. The topological polar surface area (TPSA) is 42.2 Å². The predicted molar refractivity (Wildman–Crippen MR) is 68.9 cm³/mol. The van der Waals surface area contributed by atoms with Gasteiger partial charge in [-0.05, 0) is 39.8 Å². The van der Waals surface area contributed by atoms with Gasteiger partial charge in [0, 0.05) is 29.6 Å². The number of hydrogen-bond acceptors (Lipinski definition) is 4. The Balaban J connectivity index is 1.97. The van der Waals surface area contributed by atoms with Gasteiger partial charge in [0.2, 0.25) is 0 Å². The number of hydrogen-bond donors (Lipinski definition) is 1. The molecule has 16 heavy (non-hydrogen) atoms. The molecule has 90 valence electrons. The molecule has 1 aliphatic rings. The van der Waals surface area contributed by atoms with Gasteiger partial charge in [-0.2, -0.15) is 0 Å². The van der Waals surface area contributed by atoms with Crippen LogP contribution in [0.15, 0.2) is 6.20 Å². The fourth-order valence-corrected chi connectivity index (χ4v) is 3.29. The Labute approximate surface area is 102 Å². The summed E-state index contributed by atoms with van der Waals surface area (Å²) >= 11 is 1.85. The van der Waals surface area contributed by atoms with Crippen molar-refractivity contribution in [3.05, 3.63) is 16.1 Å².